The molecule has 1 atom stereocenters. The molecule has 2 N–H and O–H groups in total. The van der Waals surface area contributed by atoms with Crippen molar-refractivity contribution in [2.24, 2.45) is 0 Å². The molecule has 1 aliphatic heterocycles. The summed E-state index contributed by atoms with van der Waals surface area (Å²) in [7, 11) is 3.66. The van der Waals surface area contributed by atoms with Gasteiger partial charge >= 0.3 is 0 Å². The fraction of sp³-hybridized carbons (Fsp3) is 0.533. The van der Waals surface area contributed by atoms with Gasteiger partial charge in [-0.2, -0.15) is 0 Å². The average molecular weight is 261 g/mol. The number of likely N-dealkylation sites (N-methyl/N-ethyl adjacent to an activating group) is 1. The number of rotatable bonds is 4. The van der Waals surface area contributed by atoms with Gasteiger partial charge in [0, 0.05) is 26.3 Å². The number of hydrogen-bond donors (Lipinski definition) is 1. The molecule has 1 saturated heterocycles. The van der Waals surface area contributed by atoms with E-state index in [2.05, 4.69) is 17.0 Å². The highest BCUT2D eigenvalue weighted by Crippen LogP contribution is 2.19. The number of benzene rings is 1. The van der Waals surface area contributed by atoms with E-state index in [0.29, 0.717) is 0 Å². The molecule has 0 saturated carbocycles. The van der Waals surface area contributed by atoms with Crippen LogP contribution >= 0.6 is 0 Å². The van der Waals surface area contributed by atoms with Crippen LogP contribution in [0.2, 0.25) is 0 Å². The van der Waals surface area contributed by atoms with E-state index in [1.807, 2.05) is 26.2 Å². The standard InChI is InChI=1S/C15H23N3O/c1-17(2)15(19)14-4-3-10-18(14)11-9-12-5-7-13(16)8-6-12/h5-8,14H,3-4,9-11,16H2,1-2H3. The third-order valence-corrected chi connectivity index (χ3v) is 3.76. The lowest BCUT2D eigenvalue weighted by molar-refractivity contribution is -0.133. The lowest BCUT2D eigenvalue weighted by atomic mass is 10.1. The number of carbonyl (C=O) groups is 1. The number of carbonyl (C=O) groups excluding carboxylic acids is 1. The predicted molar refractivity (Wildman–Crippen MR) is 77.8 cm³/mol. The number of likely N-dealkylation sites (tertiary alicyclic amines) is 1. The molecular formula is C15H23N3O. The molecule has 0 aromatic heterocycles. The molecule has 2 rings (SSSR count). The monoisotopic (exact) mass is 261 g/mol. The van der Waals surface area contributed by atoms with Crippen molar-refractivity contribution in [1.29, 1.82) is 0 Å². The van der Waals surface area contributed by atoms with E-state index in [4.69, 9.17) is 5.73 Å². The van der Waals surface area contributed by atoms with Crippen LogP contribution in [0.25, 0.3) is 0 Å². The summed E-state index contributed by atoms with van der Waals surface area (Å²) < 4.78 is 0. The van der Waals surface area contributed by atoms with Gasteiger partial charge in [0.1, 0.15) is 0 Å². The van der Waals surface area contributed by atoms with Gasteiger partial charge in [0.25, 0.3) is 0 Å². The van der Waals surface area contributed by atoms with Crippen molar-refractivity contribution in [3.63, 3.8) is 0 Å². The van der Waals surface area contributed by atoms with Gasteiger partial charge in [-0.15, -0.1) is 0 Å². The highest BCUT2D eigenvalue weighted by atomic mass is 16.2. The van der Waals surface area contributed by atoms with Crippen LogP contribution < -0.4 is 5.73 Å². The summed E-state index contributed by atoms with van der Waals surface area (Å²) in [6.07, 6.45) is 3.07. The molecular weight excluding hydrogens is 238 g/mol. The second-order valence-corrected chi connectivity index (χ2v) is 5.42. The molecule has 0 spiro atoms. The first-order valence-corrected chi connectivity index (χ1v) is 6.87. The van der Waals surface area contributed by atoms with Gasteiger partial charge in [-0.3, -0.25) is 9.69 Å². The van der Waals surface area contributed by atoms with Gasteiger partial charge in [0.05, 0.1) is 6.04 Å². The smallest absolute Gasteiger partial charge is 0.239 e. The van der Waals surface area contributed by atoms with E-state index in [9.17, 15) is 4.79 Å². The quantitative estimate of drug-likeness (QED) is 0.833. The summed E-state index contributed by atoms with van der Waals surface area (Å²) in [5, 5.41) is 0. The maximum atomic E-state index is 12.1. The van der Waals surface area contributed by atoms with Crippen molar-refractivity contribution in [3.05, 3.63) is 29.8 Å². The maximum Gasteiger partial charge on any atom is 0.239 e. The summed E-state index contributed by atoms with van der Waals surface area (Å²) in [5.74, 6) is 0.231. The summed E-state index contributed by atoms with van der Waals surface area (Å²) >= 11 is 0. The van der Waals surface area contributed by atoms with Crippen LogP contribution in [0, 0.1) is 0 Å². The van der Waals surface area contributed by atoms with Crippen molar-refractivity contribution < 1.29 is 4.79 Å². The third-order valence-electron chi connectivity index (χ3n) is 3.76. The molecule has 1 aromatic carbocycles. The molecule has 1 heterocycles. The van der Waals surface area contributed by atoms with Crippen LogP contribution in [0.4, 0.5) is 5.69 Å². The Kier molecular flexibility index (Phi) is 4.43. The minimum absolute atomic E-state index is 0.0729. The lowest BCUT2D eigenvalue weighted by Gasteiger charge is -2.26. The molecule has 1 aromatic rings. The normalized spacial score (nSPS) is 19.6. The Hall–Kier alpha value is -1.55. The molecule has 0 aliphatic carbocycles. The van der Waals surface area contributed by atoms with Gasteiger partial charge < -0.3 is 10.6 Å². The Morgan fingerprint density at radius 2 is 2.05 bits per heavy atom. The summed E-state index contributed by atoms with van der Waals surface area (Å²) in [5.41, 5.74) is 7.75. The van der Waals surface area contributed by atoms with Crippen LogP contribution in [-0.4, -0.2) is 48.9 Å². The summed E-state index contributed by atoms with van der Waals surface area (Å²) in [6.45, 7) is 1.97. The Morgan fingerprint density at radius 3 is 2.68 bits per heavy atom. The van der Waals surface area contributed by atoms with E-state index in [-0.39, 0.29) is 11.9 Å². The Balaban J connectivity index is 1.91. The molecule has 0 radical (unpaired) electrons. The average Bonchev–Trinajstić information content (AvgIpc) is 2.85. The second-order valence-electron chi connectivity index (χ2n) is 5.42. The minimum atomic E-state index is 0.0729. The fourth-order valence-corrected chi connectivity index (χ4v) is 2.63. The number of nitrogen functional groups attached to an aromatic ring is 1. The lowest BCUT2D eigenvalue weighted by Crippen LogP contribution is -2.43. The molecule has 0 bridgehead atoms. The molecule has 19 heavy (non-hydrogen) atoms. The van der Waals surface area contributed by atoms with Gasteiger partial charge in [0.15, 0.2) is 0 Å². The van der Waals surface area contributed by atoms with Crippen molar-refractivity contribution in [1.82, 2.24) is 9.80 Å². The maximum absolute atomic E-state index is 12.1. The number of amides is 1. The van der Waals surface area contributed by atoms with Crippen LogP contribution in [0.15, 0.2) is 24.3 Å². The SMILES string of the molecule is CN(C)C(=O)C1CCCN1CCc1ccc(N)cc1. The van der Waals surface area contributed by atoms with Crippen LogP contribution in [0.5, 0.6) is 0 Å². The fourth-order valence-electron chi connectivity index (χ4n) is 2.63. The van der Waals surface area contributed by atoms with E-state index >= 15 is 0 Å². The summed E-state index contributed by atoms with van der Waals surface area (Å²) in [6, 6.07) is 8.06. The Labute approximate surface area is 115 Å². The van der Waals surface area contributed by atoms with E-state index < -0.39 is 0 Å². The molecule has 4 heteroatoms. The third kappa shape index (κ3) is 3.47. The number of hydrogen-bond acceptors (Lipinski definition) is 3. The molecule has 104 valence electrons. The molecule has 1 fully saturated rings. The Bertz CT molecular complexity index is 428. The van der Waals surface area contributed by atoms with Crippen LogP contribution in [0.1, 0.15) is 18.4 Å². The molecule has 1 unspecified atom stereocenters. The highest BCUT2D eigenvalue weighted by Gasteiger charge is 2.30. The first kappa shape index (κ1) is 13.9. The van der Waals surface area contributed by atoms with E-state index in [0.717, 1.165) is 38.0 Å². The number of nitrogens with zero attached hydrogens (tertiary/aromatic N) is 2. The van der Waals surface area contributed by atoms with Gasteiger partial charge in [-0.05, 0) is 43.5 Å². The van der Waals surface area contributed by atoms with Crippen molar-refractivity contribution in [3.8, 4) is 0 Å². The summed E-state index contributed by atoms with van der Waals surface area (Å²) in [4.78, 5) is 16.1. The molecule has 1 amide bonds. The van der Waals surface area contributed by atoms with Gasteiger partial charge in [0.2, 0.25) is 5.91 Å². The second kappa shape index (κ2) is 6.06. The topological polar surface area (TPSA) is 49.6 Å². The number of anilines is 1. The zero-order valence-corrected chi connectivity index (χ0v) is 11.8. The first-order chi connectivity index (χ1) is 9.08. The van der Waals surface area contributed by atoms with Gasteiger partial charge in [-0.25, -0.2) is 0 Å². The van der Waals surface area contributed by atoms with Crippen LogP contribution in [-0.2, 0) is 11.2 Å². The first-order valence-electron chi connectivity index (χ1n) is 6.87. The molecule has 1 aliphatic rings. The van der Waals surface area contributed by atoms with Crippen molar-refractivity contribution >= 4 is 11.6 Å². The Morgan fingerprint density at radius 1 is 1.37 bits per heavy atom. The van der Waals surface area contributed by atoms with Gasteiger partial charge in [-0.1, -0.05) is 12.1 Å². The molecule has 4 nitrogen and oxygen atoms in total. The van der Waals surface area contributed by atoms with E-state index in [1.54, 1.807) is 4.90 Å². The van der Waals surface area contributed by atoms with Crippen molar-refractivity contribution in [2.75, 3.05) is 32.9 Å². The zero-order valence-electron chi connectivity index (χ0n) is 11.8. The van der Waals surface area contributed by atoms with Crippen LogP contribution in [0.3, 0.4) is 0 Å². The predicted octanol–water partition coefficient (Wildman–Crippen LogP) is 1.36. The van der Waals surface area contributed by atoms with Crippen molar-refractivity contribution in [2.45, 2.75) is 25.3 Å². The largest absolute Gasteiger partial charge is 0.399 e. The van der Waals surface area contributed by atoms with E-state index in [1.165, 1.54) is 5.56 Å². The minimum Gasteiger partial charge on any atom is -0.399 e. The number of nitrogens with two attached hydrogens (primary N) is 1. The highest BCUT2D eigenvalue weighted by molar-refractivity contribution is 5.81. The zero-order chi connectivity index (χ0) is 13.8.